The molecule has 1 aromatic heterocycles. The van der Waals surface area contributed by atoms with Crippen LogP contribution in [-0.2, 0) is 0 Å². The Kier molecular flexibility index (Phi) is 0.924. The van der Waals surface area contributed by atoms with Crippen LogP contribution in [0.2, 0.25) is 0 Å². The van der Waals surface area contributed by atoms with Gasteiger partial charge in [-0.2, -0.15) is 4.98 Å². The largest absolute Gasteiger partial charge is 0.478 e. The van der Waals surface area contributed by atoms with E-state index in [1.54, 1.807) is 0 Å². The van der Waals surface area contributed by atoms with Crippen LogP contribution in [0.4, 0.5) is 0 Å². The highest BCUT2D eigenvalue weighted by Crippen LogP contribution is 2.19. The number of hydrogen-bond donors (Lipinski definition) is 2. The lowest BCUT2D eigenvalue weighted by Crippen LogP contribution is -1.97. The summed E-state index contributed by atoms with van der Waals surface area (Å²) in [5, 5.41) is 9.13. The van der Waals surface area contributed by atoms with E-state index in [4.69, 9.17) is 16.1 Å². The zero-order valence-electron chi connectivity index (χ0n) is 15.2. The van der Waals surface area contributed by atoms with Crippen molar-refractivity contribution < 1.29 is 25.6 Å². The van der Waals surface area contributed by atoms with E-state index in [1.807, 2.05) is 0 Å². The highest BCUT2D eigenvalue weighted by atomic mass is 16.5. The number of carboxylic acids is 1. The first-order valence-corrected chi connectivity index (χ1v) is 3.78. The lowest BCUT2D eigenvalue weighted by molar-refractivity contribution is 0.0699. The molecule has 0 saturated carbocycles. The number of hydrogen-bond acceptors (Lipinski definition) is 3. The minimum absolute atomic E-state index is 0.264. The third-order valence-electron chi connectivity index (χ3n) is 1.66. The van der Waals surface area contributed by atoms with E-state index in [-0.39, 0.29) is 11.0 Å². The molecule has 1 heterocycles. The van der Waals surface area contributed by atoms with Crippen LogP contribution >= 0.6 is 0 Å². The summed E-state index contributed by atoms with van der Waals surface area (Å²) in [5.74, 6) is -1.56. The second-order valence-electron chi connectivity index (χ2n) is 2.52. The average molecular weight is 214 g/mol. The van der Waals surface area contributed by atoms with Gasteiger partial charge in [0.25, 0.3) is 6.01 Å². The molecule has 0 bridgehead atoms. The maximum absolute atomic E-state index is 11.2. The Bertz CT molecular complexity index is 798. The average Bonchev–Trinajstić information content (AvgIpc) is 2.77. The molecule has 2 rings (SSSR count). The summed E-state index contributed by atoms with van der Waals surface area (Å²) in [6, 6.07) is -2.59. The molecule has 0 radical (unpaired) electrons. The third-order valence-corrected chi connectivity index (χ3v) is 1.66. The number of carboxylic acid groups (broad SMARTS) is 1. The number of rotatable bonds is 3. The van der Waals surface area contributed by atoms with E-state index >= 15 is 0 Å². The quantitative estimate of drug-likeness (QED) is 0.814. The zero-order valence-corrected chi connectivity index (χ0v) is 7.21. The van der Waals surface area contributed by atoms with Crippen molar-refractivity contribution in [3.63, 3.8) is 0 Å². The van der Waals surface area contributed by atoms with Crippen molar-refractivity contribution in [1.29, 1.82) is 0 Å². The van der Waals surface area contributed by atoms with E-state index in [9.17, 15) is 4.79 Å². The summed E-state index contributed by atoms with van der Waals surface area (Å²) in [5.41, 5.74) is -1.32. The maximum atomic E-state index is 11.2. The number of fused-ring (bicyclic) bond motifs is 1. The monoisotopic (exact) mass is 214 g/mol. The van der Waals surface area contributed by atoms with Gasteiger partial charge in [-0.15, -0.1) is 0 Å². The molecule has 1 aromatic carbocycles. The van der Waals surface area contributed by atoms with Gasteiger partial charge >= 0.3 is 5.97 Å². The van der Waals surface area contributed by atoms with Gasteiger partial charge in [-0.25, -0.2) is 4.79 Å². The van der Waals surface area contributed by atoms with Crippen molar-refractivity contribution in [3.8, 4) is 6.01 Å². The molecule has 0 unspecified atom stereocenters. The number of nitrogens with zero attached hydrogens (tertiary/aromatic N) is 1. The molecule has 0 aliphatic carbocycles. The van der Waals surface area contributed by atoms with Crippen molar-refractivity contribution in [2.75, 3.05) is 6.56 Å². The minimum Gasteiger partial charge on any atom is -0.478 e. The number of nitrogens with one attached hydrogen (secondary N) is 1. The van der Waals surface area contributed by atoms with Crippen LogP contribution in [0.3, 0.4) is 0 Å². The molecule has 0 spiro atoms. The van der Waals surface area contributed by atoms with Gasteiger partial charge in [-0.3, -0.25) is 0 Å². The molecule has 5 nitrogen and oxygen atoms in total. The molecule has 15 heavy (non-hydrogen) atoms. The maximum Gasteiger partial charge on any atom is 0.337 e. The Morgan fingerprint density at radius 3 is 3.47 bits per heavy atom. The van der Waals surface area contributed by atoms with Crippen LogP contribution in [0, 0.1) is 0 Å². The topological polar surface area (TPSA) is 75.2 Å². The van der Waals surface area contributed by atoms with E-state index in [0.717, 1.165) is 0 Å². The van der Waals surface area contributed by atoms with Gasteiger partial charge in [0.2, 0.25) is 0 Å². The van der Waals surface area contributed by atoms with E-state index in [2.05, 4.69) is 14.7 Å². The van der Waals surface area contributed by atoms with Crippen molar-refractivity contribution in [3.05, 3.63) is 23.7 Å². The van der Waals surface area contributed by atoms with Gasteiger partial charge in [0.1, 0.15) is 5.52 Å². The van der Waals surface area contributed by atoms with Gasteiger partial charge in [-0.05, 0) is 18.9 Å². The number of aromatic carboxylic acids is 1. The van der Waals surface area contributed by atoms with E-state index < -0.39 is 49.1 Å². The SMILES string of the molecule is [2H]c1c([2H])c([2H])c2[nH]c(OC([2H])([2H])C([2H])([2H])[2H])nc2c1C(=O)O. The van der Waals surface area contributed by atoms with Gasteiger partial charge in [0, 0.05) is 4.11 Å². The number of H-pyrrole nitrogens is 1. The normalized spacial score (nSPS) is 20.0. The zero-order chi connectivity index (χ0) is 17.7. The van der Waals surface area contributed by atoms with Crippen LogP contribution < -0.4 is 4.74 Å². The highest BCUT2D eigenvalue weighted by molar-refractivity contribution is 6.01. The fourth-order valence-electron chi connectivity index (χ4n) is 1.09. The van der Waals surface area contributed by atoms with Crippen LogP contribution in [0.15, 0.2) is 18.1 Å². The molecule has 78 valence electrons. The molecule has 5 heteroatoms. The Morgan fingerprint density at radius 2 is 2.73 bits per heavy atom. The first-order chi connectivity index (χ1) is 10.4. The van der Waals surface area contributed by atoms with E-state index in [0.29, 0.717) is 0 Å². The van der Waals surface area contributed by atoms with Crippen molar-refractivity contribution in [2.45, 2.75) is 6.85 Å². The Hall–Kier alpha value is -2.04. The molecular formula is C10H10N2O3. The predicted octanol–water partition coefficient (Wildman–Crippen LogP) is 1.66. The fraction of sp³-hybridized carbons (Fsp3) is 0.200. The summed E-state index contributed by atoms with van der Waals surface area (Å²) in [4.78, 5) is 17.1. The molecular weight excluding hydrogens is 196 g/mol. The number of ether oxygens (including phenoxy) is 1. The summed E-state index contributed by atoms with van der Waals surface area (Å²) < 4.78 is 63.3. The lowest BCUT2D eigenvalue weighted by Gasteiger charge is -1.93. The van der Waals surface area contributed by atoms with Crippen LogP contribution in [0.5, 0.6) is 6.01 Å². The molecule has 0 amide bonds. The molecule has 0 atom stereocenters. The first kappa shape index (κ1) is 3.84. The minimum atomic E-state index is -3.13. The second kappa shape index (κ2) is 3.61. The first-order valence-electron chi connectivity index (χ1n) is 7.78. The number of benzene rings is 1. The molecule has 2 aromatic rings. The van der Waals surface area contributed by atoms with Crippen molar-refractivity contribution in [1.82, 2.24) is 9.97 Å². The van der Waals surface area contributed by atoms with Crippen molar-refractivity contribution in [2.24, 2.45) is 0 Å². The number of aromatic amines is 1. The standard InChI is InChI=1S/C10H10N2O3/c1-2-15-10-11-7-5-3-4-6(9(13)14)8(7)12-10/h3-5H,2H2,1H3,(H,11,12)(H,13,14)/i1D3,2D2,3D,4D,5D. The number of carbonyl (C=O) groups is 1. The number of aromatic nitrogens is 2. The van der Waals surface area contributed by atoms with Crippen LogP contribution in [0.25, 0.3) is 11.0 Å². The van der Waals surface area contributed by atoms with Crippen LogP contribution in [0.1, 0.15) is 28.2 Å². The van der Waals surface area contributed by atoms with Crippen LogP contribution in [-0.4, -0.2) is 27.6 Å². The summed E-state index contributed by atoms with van der Waals surface area (Å²) >= 11 is 0. The Labute approximate surface area is 96.9 Å². The Balaban J connectivity index is 2.66. The van der Waals surface area contributed by atoms with E-state index in [1.165, 1.54) is 0 Å². The lowest BCUT2D eigenvalue weighted by atomic mass is 10.2. The van der Waals surface area contributed by atoms with Gasteiger partial charge in [0.15, 0.2) is 0 Å². The number of para-hydroxylation sites is 1. The smallest absolute Gasteiger partial charge is 0.337 e. The fourth-order valence-corrected chi connectivity index (χ4v) is 1.09. The highest BCUT2D eigenvalue weighted by Gasteiger charge is 2.12. The molecule has 2 N–H and O–H groups in total. The van der Waals surface area contributed by atoms with Gasteiger partial charge in [0.05, 0.1) is 24.5 Å². The van der Waals surface area contributed by atoms with Gasteiger partial charge < -0.3 is 14.8 Å². The Morgan fingerprint density at radius 1 is 1.87 bits per heavy atom. The van der Waals surface area contributed by atoms with Crippen molar-refractivity contribution >= 4 is 17.0 Å². The summed E-state index contributed by atoms with van der Waals surface area (Å²) in [7, 11) is 0. The number of imidazole rings is 1. The summed E-state index contributed by atoms with van der Waals surface area (Å²) in [6.45, 7) is -6.24. The molecule has 0 saturated heterocycles. The summed E-state index contributed by atoms with van der Waals surface area (Å²) in [6.07, 6.45) is 0. The van der Waals surface area contributed by atoms with Gasteiger partial charge in [-0.1, -0.05) is 6.04 Å². The molecule has 0 fully saturated rings. The third kappa shape index (κ3) is 1.63. The second-order valence-corrected chi connectivity index (χ2v) is 2.52. The molecule has 0 aliphatic heterocycles. The predicted molar refractivity (Wildman–Crippen MR) is 54.2 cm³/mol. The molecule has 0 aliphatic rings.